The maximum atomic E-state index is 13.2. The molecule has 9 heteroatoms. The summed E-state index contributed by atoms with van der Waals surface area (Å²) in [5.74, 6) is -0.198. The van der Waals surface area contributed by atoms with Crippen molar-refractivity contribution in [2.45, 2.75) is 43.9 Å². The molecule has 4 rings (SSSR count). The third kappa shape index (κ3) is 4.37. The molecular formula is C19H28N4O5. The van der Waals surface area contributed by atoms with Gasteiger partial charge in [-0.15, -0.1) is 0 Å². The van der Waals surface area contributed by atoms with E-state index in [1.54, 1.807) is 0 Å². The van der Waals surface area contributed by atoms with Crippen molar-refractivity contribution < 1.29 is 23.6 Å². The lowest BCUT2D eigenvalue weighted by molar-refractivity contribution is -0.152. The molecule has 3 aliphatic rings. The molecule has 0 bridgehead atoms. The number of carbonyl (C=O) groups excluding carboxylic acids is 2. The Labute approximate surface area is 164 Å². The Hall–Kier alpha value is -1.97. The largest absolute Gasteiger partial charge is 0.378 e. The maximum absolute atomic E-state index is 13.2. The van der Waals surface area contributed by atoms with Crippen molar-refractivity contribution in [3.05, 3.63) is 18.0 Å². The van der Waals surface area contributed by atoms with Crippen LogP contribution in [0, 0.1) is 0 Å². The summed E-state index contributed by atoms with van der Waals surface area (Å²) in [7, 11) is 0. The van der Waals surface area contributed by atoms with Gasteiger partial charge in [0, 0.05) is 38.3 Å². The zero-order valence-electron chi connectivity index (χ0n) is 16.0. The van der Waals surface area contributed by atoms with Gasteiger partial charge in [-0.25, -0.2) is 0 Å². The lowest BCUT2D eigenvalue weighted by Crippen LogP contribution is -2.60. The van der Waals surface area contributed by atoms with Gasteiger partial charge in [-0.3, -0.25) is 14.5 Å². The lowest BCUT2D eigenvalue weighted by atomic mass is 10.1. The molecule has 0 spiro atoms. The first-order valence-corrected chi connectivity index (χ1v) is 10.1. The Balaban J connectivity index is 1.32. The van der Waals surface area contributed by atoms with Crippen molar-refractivity contribution >= 4 is 11.8 Å². The van der Waals surface area contributed by atoms with Crippen molar-refractivity contribution in [1.29, 1.82) is 0 Å². The zero-order valence-corrected chi connectivity index (χ0v) is 16.0. The second-order valence-electron chi connectivity index (χ2n) is 7.64. The molecule has 1 aromatic heterocycles. The van der Waals surface area contributed by atoms with E-state index in [0.717, 1.165) is 6.54 Å². The molecule has 2 amide bonds. The van der Waals surface area contributed by atoms with Gasteiger partial charge in [0.15, 0.2) is 5.69 Å². The summed E-state index contributed by atoms with van der Waals surface area (Å²) >= 11 is 0. The fourth-order valence-corrected chi connectivity index (χ4v) is 4.38. The van der Waals surface area contributed by atoms with Gasteiger partial charge in [0.1, 0.15) is 12.3 Å². The molecule has 1 N–H and O–H groups in total. The summed E-state index contributed by atoms with van der Waals surface area (Å²) in [4.78, 5) is 29.5. The number of ether oxygens (including phenoxy) is 2. The Morgan fingerprint density at radius 2 is 2.07 bits per heavy atom. The number of aromatic nitrogens is 1. The third-order valence-corrected chi connectivity index (χ3v) is 5.86. The second kappa shape index (κ2) is 9.02. The summed E-state index contributed by atoms with van der Waals surface area (Å²) in [6.45, 7) is 3.80. The fraction of sp³-hybridized carbons (Fsp3) is 0.737. The minimum atomic E-state index is -0.311. The number of amides is 2. The van der Waals surface area contributed by atoms with Gasteiger partial charge in [0.25, 0.3) is 5.91 Å². The van der Waals surface area contributed by atoms with Crippen LogP contribution in [0.4, 0.5) is 0 Å². The number of nitrogens with one attached hydrogen (secondary N) is 1. The van der Waals surface area contributed by atoms with Gasteiger partial charge in [0.05, 0.1) is 25.9 Å². The Bertz CT molecular complexity index is 661. The van der Waals surface area contributed by atoms with Gasteiger partial charge in [-0.1, -0.05) is 18.0 Å². The van der Waals surface area contributed by atoms with Crippen LogP contribution in [0.1, 0.15) is 36.2 Å². The summed E-state index contributed by atoms with van der Waals surface area (Å²) in [6.07, 6.45) is 5.95. The molecule has 28 heavy (non-hydrogen) atoms. The van der Waals surface area contributed by atoms with E-state index >= 15 is 0 Å². The standard InChI is InChI=1S/C19H28N4O5/c24-18(16-5-8-28-21-16)20-11-15-12-22(6-10-27-15)19(25)17-13-26-9-7-23(17)14-3-1-2-4-14/h5,8,14-15,17H,1-4,6-7,9-13H2,(H,20,24). The monoisotopic (exact) mass is 392 g/mol. The molecule has 1 aromatic rings. The summed E-state index contributed by atoms with van der Waals surface area (Å²) < 4.78 is 16.1. The van der Waals surface area contributed by atoms with Crippen molar-refractivity contribution in [2.75, 3.05) is 46.0 Å². The molecule has 2 aliphatic heterocycles. The van der Waals surface area contributed by atoms with Crippen molar-refractivity contribution in [3.63, 3.8) is 0 Å². The van der Waals surface area contributed by atoms with Crippen molar-refractivity contribution in [3.8, 4) is 0 Å². The van der Waals surface area contributed by atoms with E-state index in [1.165, 1.54) is 38.0 Å². The smallest absolute Gasteiger partial charge is 0.273 e. The minimum Gasteiger partial charge on any atom is -0.378 e. The number of hydrogen-bond donors (Lipinski definition) is 1. The highest BCUT2D eigenvalue weighted by molar-refractivity contribution is 5.91. The molecule has 3 fully saturated rings. The summed E-state index contributed by atoms with van der Waals surface area (Å²) in [5.41, 5.74) is 0.232. The minimum absolute atomic E-state index is 0.114. The third-order valence-electron chi connectivity index (χ3n) is 5.86. The number of carbonyl (C=O) groups is 2. The van der Waals surface area contributed by atoms with E-state index in [0.29, 0.717) is 45.5 Å². The highest BCUT2D eigenvalue weighted by atomic mass is 16.5. The van der Waals surface area contributed by atoms with E-state index < -0.39 is 0 Å². The van der Waals surface area contributed by atoms with Crippen LogP contribution in [-0.4, -0.2) is 91.0 Å². The van der Waals surface area contributed by atoms with E-state index in [-0.39, 0.29) is 29.7 Å². The van der Waals surface area contributed by atoms with Gasteiger partial charge < -0.3 is 24.2 Å². The number of nitrogens with zero attached hydrogens (tertiary/aromatic N) is 3. The lowest BCUT2D eigenvalue weighted by Gasteiger charge is -2.42. The van der Waals surface area contributed by atoms with Crippen LogP contribution in [0.3, 0.4) is 0 Å². The quantitative estimate of drug-likeness (QED) is 0.768. The number of morpholine rings is 2. The molecular weight excluding hydrogens is 364 g/mol. The van der Waals surface area contributed by atoms with Crippen LogP contribution in [0.5, 0.6) is 0 Å². The van der Waals surface area contributed by atoms with E-state index in [4.69, 9.17) is 9.47 Å². The van der Waals surface area contributed by atoms with Crippen molar-refractivity contribution in [2.24, 2.45) is 0 Å². The molecule has 2 saturated heterocycles. The Morgan fingerprint density at radius 1 is 1.21 bits per heavy atom. The van der Waals surface area contributed by atoms with Gasteiger partial charge in [-0.2, -0.15) is 0 Å². The molecule has 3 heterocycles. The topological polar surface area (TPSA) is 97.1 Å². The van der Waals surface area contributed by atoms with Crippen LogP contribution in [0.2, 0.25) is 0 Å². The van der Waals surface area contributed by atoms with Gasteiger partial charge >= 0.3 is 0 Å². The predicted octanol–water partition coefficient (Wildman–Crippen LogP) is 0.275. The molecule has 0 radical (unpaired) electrons. The molecule has 2 atom stereocenters. The molecule has 0 aromatic carbocycles. The maximum Gasteiger partial charge on any atom is 0.273 e. The molecule has 1 saturated carbocycles. The van der Waals surface area contributed by atoms with Crippen LogP contribution >= 0.6 is 0 Å². The number of rotatable bonds is 5. The first kappa shape index (κ1) is 19.4. The van der Waals surface area contributed by atoms with Crippen molar-refractivity contribution in [1.82, 2.24) is 20.3 Å². The van der Waals surface area contributed by atoms with Crippen LogP contribution in [-0.2, 0) is 14.3 Å². The average Bonchev–Trinajstić information content (AvgIpc) is 3.46. The molecule has 9 nitrogen and oxygen atoms in total. The Kier molecular flexibility index (Phi) is 6.23. The van der Waals surface area contributed by atoms with E-state index in [2.05, 4.69) is 19.9 Å². The predicted molar refractivity (Wildman–Crippen MR) is 98.7 cm³/mol. The van der Waals surface area contributed by atoms with Gasteiger partial charge in [0.2, 0.25) is 5.91 Å². The summed E-state index contributed by atoms with van der Waals surface area (Å²) in [6, 6.07) is 1.80. The van der Waals surface area contributed by atoms with E-state index in [9.17, 15) is 9.59 Å². The van der Waals surface area contributed by atoms with E-state index in [1.807, 2.05) is 4.90 Å². The highest BCUT2D eigenvalue weighted by Gasteiger charge is 2.38. The normalized spacial score (nSPS) is 27.1. The highest BCUT2D eigenvalue weighted by Crippen LogP contribution is 2.27. The van der Waals surface area contributed by atoms with Crippen LogP contribution < -0.4 is 5.32 Å². The first-order chi connectivity index (χ1) is 13.7. The summed E-state index contributed by atoms with van der Waals surface area (Å²) in [5, 5.41) is 6.41. The first-order valence-electron chi connectivity index (χ1n) is 10.1. The Morgan fingerprint density at radius 3 is 2.86 bits per heavy atom. The second-order valence-corrected chi connectivity index (χ2v) is 7.64. The fourth-order valence-electron chi connectivity index (χ4n) is 4.38. The van der Waals surface area contributed by atoms with Crippen LogP contribution in [0.25, 0.3) is 0 Å². The number of hydrogen-bond acceptors (Lipinski definition) is 7. The SMILES string of the molecule is O=C(NCC1CN(C(=O)C2COCCN2C2CCCC2)CCO1)c1ccon1. The van der Waals surface area contributed by atoms with Crippen LogP contribution in [0.15, 0.2) is 16.9 Å². The van der Waals surface area contributed by atoms with Gasteiger partial charge in [-0.05, 0) is 12.8 Å². The average molecular weight is 392 g/mol. The molecule has 154 valence electrons. The molecule has 2 unspecified atom stereocenters. The molecule has 1 aliphatic carbocycles. The zero-order chi connectivity index (χ0) is 19.3.